The molecule has 0 radical (unpaired) electrons. The Bertz CT molecular complexity index is 1120. The predicted octanol–water partition coefficient (Wildman–Crippen LogP) is 3.40. The number of nitrogens with zero attached hydrogens (tertiary/aromatic N) is 4. The summed E-state index contributed by atoms with van der Waals surface area (Å²) < 4.78 is 45.5. The van der Waals surface area contributed by atoms with E-state index in [0.717, 1.165) is 17.8 Å². The van der Waals surface area contributed by atoms with Crippen molar-refractivity contribution in [3.05, 3.63) is 78.1 Å². The highest BCUT2D eigenvalue weighted by molar-refractivity contribution is 5.91. The van der Waals surface area contributed by atoms with Crippen LogP contribution in [0.15, 0.2) is 67.0 Å². The molecule has 2 heterocycles. The molecule has 0 aliphatic carbocycles. The van der Waals surface area contributed by atoms with E-state index >= 15 is 0 Å². The van der Waals surface area contributed by atoms with Crippen LogP contribution in [0.25, 0.3) is 5.69 Å². The smallest absolute Gasteiger partial charge is 0.416 e. The molecular formula is C23H21F3N4O3. The van der Waals surface area contributed by atoms with Gasteiger partial charge in [-0.15, -0.1) is 0 Å². The third-order valence-electron chi connectivity index (χ3n) is 5.34. The summed E-state index contributed by atoms with van der Waals surface area (Å²) in [4.78, 5) is 28.1. The fourth-order valence-electron chi connectivity index (χ4n) is 3.55. The number of carbonyl (C=O) groups is 2. The number of esters is 1. The van der Waals surface area contributed by atoms with Gasteiger partial charge in [0.2, 0.25) is 0 Å². The minimum Gasteiger partial charge on any atom is -0.452 e. The van der Waals surface area contributed by atoms with Crippen LogP contribution < -0.4 is 4.90 Å². The third-order valence-corrected chi connectivity index (χ3v) is 5.34. The molecule has 10 heteroatoms. The van der Waals surface area contributed by atoms with Crippen LogP contribution in [0.3, 0.4) is 0 Å². The lowest BCUT2D eigenvalue weighted by Crippen LogP contribution is -2.50. The van der Waals surface area contributed by atoms with E-state index in [-0.39, 0.29) is 11.5 Å². The molecule has 33 heavy (non-hydrogen) atoms. The van der Waals surface area contributed by atoms with E-state index in [1.54, 1.807) is 11.0 Å². The number of hydrogen-bond acceptors (Lipinski definition) is 5. The number of benzene rings is 2. The Labute approximate surface area is 188 Å². The van der Waals surface area contributed by atoms with E-state index in [9.17, 15) is 22.8 Å². The van der Waals surface area contributed by atoms with Gasteiger partial charge in [-0.05, 0) is 30.3 Å². The summed E-state index contributed by atoms with van der Waals surface area (Å²) in [5.74, 6) is -1.02. The maximum absolute atomic E-state index is 12.9. The zero-order chi connectivity index (χ0) is 23.4. The molecule has 7 nitrogen and oxygen atoms in total. The fraction of sp³-hybridized carbons (Fsp3) is 0.261. The van der Waals surface area contributed by atoms with Gasteiger partial charge in [0.15, 0.2) is 6.61 Å². The van der Waals surface area contributed by atoms with Gasteiger partial charge in [-0.2, -0.15) is 18.3 Å². The standard InChI is InChI=1S/C23H21F3N4O3/c24-23(25,26)18-5-4-8-20(13-18)28-9-11-29(12-10-28)21(31)16-33-22(32)17-14-27-30(15-17)19-6-2-1-3-7-19/h1-8,13-15H,9-12,16H2. The number of halogens is 3. The van der Waals surface area contributed by atoms with Gasteiger partial charge in [-0.25, -0.2) is 9.48 Å². The van der Waals surface area contributed by atoms with Gasteiger partial charge in [0.05, 0.1) is 23.0 Å². The number of ether oxygens (including phenoxy) is 1. The summed E-state index contributed by atoms with van der Waals surface area (Å²) in [6.07, 6.45) is -1.51. The first kappa shape index (κ1) is 22.4. The Hall–Kier alpha value is -3.82. The van der Waals surface area contributed by atoms with Gasteiger partial charge in [-0.1, -0.05) is 24.3 Å². The molecule has 0 saturated carbocycles. The molecule has 3 aromatic rings. The molecule has 4 rings (SSSR count). The molecule has 1 fully saturated rings. The Balaban J connectivity index is 1.28. The molecule has 0 N–H and O–H groups in total. The van der Waals surface area contributed by atoms with Crippen LogP contribution in [0.4, 0.5) is 18.9 Å². The van der Waals surface area contributed by atoms with Crippen molar-refractivity contribution in [3.8, 4) is 5.69 Å². The highest BCUT2D eigenvalue weighted by atomic mass is 19.4. The summed E-state index contributed by atoms with van der Waals surface area (Å²) in [5, 5.41) is 4.13. The monoisotopic (exact) mass is 458 g/mol. The molecule has 0 bridgehead atoms. The predicted molar refractivity (Wildman–Crippen MR) is 114 cm³/mol. The Morgan fingerprint density at radius 3 is 2.33 bits per heavy atom. The highest BCUT2D eigenvalue weighted by Gasteiger charge is 2.31. The van der Waals surface area contributed by atoms with Gasteiger partial charge in [0.1, 0.15) is 0 Å². The van der Waals surface area contributed by atoms with Crippen LogP contribution in [-0.2, 0) is 15.7 Å². The van der Waals surface area contributed by atoms with E-state index in [1.807, 2.05) is 30.3 Å². The molecule has 1 amide bonds. The second-order valence-electron chi connectivity index (χ2n) is 7.50. The molecular weight excluding hydrogens is 437 g/mol. The number of rotatable bonds is 5. The van der Waals surface area contributed by atoms with Gasteiger partial charge in [0, 0.05) is 38.1 Å². The maximum atomic E-state index is 12.9. The second-order valence-corrected chi connectivity index (χ2v) is 7.50. The van der Waals surface area contributed by atoms with Crippen molar-refractivity contribution in [2.45, 2.75) is 6.18 Å². The molecule has 1 aromatic heterocycles. The van der Waals surface area contributed by atoms with E-state index in [1.165, 1.54) is 28.0 Å². The fourth-order valence-corrected chi connectivity index (χ4v) is 3.55. The zero-order valence-corrected chi connectivity index (χ0v) is 17.5. The SMILES string of the molecule is O=C(OCC(=O)N1CCN(c2cccc(C(F)(F)F)c2)CC1)c1cnn(-c2ccccc2)c1. The molecule has 1 aliphatic rings. The molecule has 2 aromatic carbocycles. The Kier molecular flexibility index (Phi) is 6.34. The van der Waals surface area contributed by atoms with Crippen molar-refractivity contribution >= 4 is 17.6 Å². The molecule has 1 aliphatic heterocycles. The number of anilines is 1. The van der Waals surface area contributed by atoms with Crippen molar-refractivity contribution in [1.82, 2.24) is 14.7 Å². The second kappa shape index (κ2) is 9.35. The minimum atomic E-state index is -4.41. The maximum Gasteiger partial charge on any atom is 0.416 e. The van der Waals surface area contributed by atoms with E-state index in [4.69, 9.17) is 4.74 Å². The number of hydrogen-bond donors (Lipinski definition) is 0. The summed E-state index contributed by atoms with van der Waals surface area (Å²) in [6, 6.07) is 14.4. The summed E-state index contributed by atoms with van der Waals surface area (Å²) in [6.45, 7) is 0.978. The van der Waals surface area contributed by atoms with Crippen LogP contribution in [0.1, 0.15) is 15.9 Å². The van der Waals surface area contributed by atoms with E-state index in [0.29, 0.717) is 31.9 Å². The largest absolute Gasteiger partial charge is 0.452 e. The number of amides is 1. The van der Waals surface area contributed by atoms with Crippen molar-refractivity contribution in [2.24, 2.45) is 0 Å². The normalized spacial score (nSPS) is 14.3. The highest BCUT2D eigenvalue weighted by Crippen LogP contribution is 2.31. The first-order chi connectivity index (χ1) is 15.8. The van der Waals surface area contributed by atoms with Crippen molar-refractivity contribution in [3.63, 3.8) is 0 Å². The number of alkyl halides is 3. The van der Waals surface area contributed by atoms with Gasteiger partial charge in [0.25, 0.3) is 5.91 Å². The van der Waals surface area contributed by atoms with Crippen molar-refractivity contribution in [2.75, 3.05) is 37.7 Å². The lowest BCUT2D eigenvalue weighted by atomic mass is 10.1. The Morgan fingerprint density at radius 1 is 0.939 bits per heavy atom. The van der Waals surface area contributed by atoms with Crippen LogP contribution in [-0.4, -0.2) is 59.3 Å². The molecule has 172 valence electrons. The number of carbonyl (C=O) groups excluding carboxylic acids is 2. The lowest BCUT2D eigenvalue weighted by molar-refractivity contribution is -0.137. The Morgan fingerprint density at radius 2 is 1.64 bits per heavy atom. The number of aromatic nitrogens is 2. The third kappa shape index (κ3) is 5.33. The van der Waals surface area contributed by atoms with Gasteiger partial charge in [-0.3, -0.25) is 4.79 Å². The average molecular weight is 458 g/mol. The first-order valence-electron chi connectivity index (χ1n) is 10.3. The van der Waals surface area contributed by atoms with Crippen molar-refractivity contribution < 1.29 is 27.5 Å². The van der Waals surface area contributed by atoms with E-state index < -0.39 is 24.3 Å². The summed E-state index contributed by atoms with van der Waals surface area (Å²) in [7, 11) is 0. The van der Waals surface area contributed by atoms with Gasteiger partial charge >= 0.3 is 12.1 Å². The summed E-state index contributed by atoms with van der Waals surface area (Å²) in [5.41, 5.74) is 0.757. The quantitative estimate of drug-likeness (QED) is 0.549. The molecule has 1 saturated heterocycles. The average Bonchev–Trinajstić information content (AvgIpc) is 3.33. The molecule has 0 spiro atoms. The van der Waals surface area contributed by atoms with Crippen LogP contribution in [0.5, 0.6) is 0 Å². The topological polar surface area (TPSA) is 67.7 Å². The van der Waals surface area contributed by atoms with E-state index in [2.05, 4.69) is 5.10 Å². The van der Waals surface area contributed by atoms with Crippen LogP contribution in [0, 0.1) is 0 Å². The summed E-state index contributed by atoms with van der Waals surface area (Å²) >= 11 is 0. The van der Waals surface area contributed by atoms with Crippen LogP contribution in [0.2, 0.25) is 0 Å². The minimum absolute atomic E-state index is 0.223. The lowest BCUT2D eigenvalue weighted by Gasteiger charge is -2.36. The molecule has 0 unspecified atom stereocenters. The number of piperazine rings is 1. The van der Waals surface area contributed by atoms with Crippen LogP contribution >= 0.6 is 0 Å². The molecule has 0 atom stereocenters. The first-order valence-corrected chi connectivity index (χ1v) is 10.3. The van der Waals surface area contributed by atoms with Crippen molar-refractivity contribution in [1.29, 1.82) is 0 Å². The zero-order valence-electron chi connectivity index (χ0n) is 17.5. The van der Waals surface area contributed by atoms with Gasteiger partial charge < -0.3 is 14.5 Å². The number of para-hydroxylation sites is 1.